The van der Waals surface area contributed by atoms with E-state index in [1.54, 1.807) is 11.3 Å². The summed E-state index contributed by atoms with van der Waals surface area (Å²) in [6.45, 7) is 8.18. The van der Waals surface area contributed by atoms with Gasteiger partial charge in [0.15, 0.2) is 0 Å². The van der Waals surface area contributed by atoms with E-state index in [1.807, 2.05) is 6.92 Å². The molecule has 1 spiro atoms. The number of ether oxygens (including phenoxy) is 3. The summed E-state index contributed by atoms with van der Waals surface area (Å²) in [6.07, 6.45) is 4.80. The first-order valence-electron chi connectivity index (χ1n) is 9.20. The number of morpholine rings is 1. The van der Waals surface area contributed by atoms with Crippen LogP contribution in [0.15, 0.2) is 5.38 Å². The van der Waals surface area contributed by atoms with Gasteiger partial charge in [0, 0.05) is 37.0 Å². The molecule has 1 aromatic rings. The fourth-order valence-electron chi connectivity index (χ4n) is 4.48. The molecule has 3 aliphatic rings. The van der Waals surface area contributed by atoms with Gasteiger partial charge in [0.1, 0.15) is 0 Å². The molecule has 3 fully saturated rings. The number of thiazole rings is 1. The quantitative estimate of drug-likeness (QED) is 0.815. The van der Waals surface area contributed by atoms with Crippen molar-refractivity contribution >= 4 is 11.3 Å². The van der Waals surface area contributed by atoms with Crippen LogP contribution in [0.5, 0.6) is 0 Å². The van der Waals surface area contributed by atoms with E-state index in [2.05, 4.69) is 15.3 Å². The van der Waals surface area contributed by atoms with Crippen LogP contribution in [0.4, 0.5) is 0 Å². The molecule has 1 aliphatic carbocycles. The largest absolute Gasteiger partial charge is 0.380 e. The van der Waals surface area contributed by atoms with Crippen LogP contribution in [0.3, 0.4) is 0 Å². The molecule has 1 aromatic heterocycles. The average molecular weight is 353 g/mol. The number of nitrogens with zero attached hydrogens (tertiary/aromatic N) is 2. The number of hydrogen-bond acceptors (Lipinski definition) is 6. The molecular formula is C18H28N2O3S. The Bertz CT molecular complexity index is 546. The van der Waals surface area contributed by atoms with Gasteiger partial charge in [-0.1, -0.05) is 6.42 Å². The maximum absolute atomic E-state index is 6.36. The van der Waals surface area contributed by atoms with Crippen molar-refractivity contribution in [1.29, 1.82) is 0 Å². The van der Waals surface area contributed by atoms with Crippen molar-refractivity contribution in [1.82, 2.24) is 9.88 Å². The van der Waals surface area contributed by atoms with Crippen LogP contribution in [0, 0.1) is 12.8 Å². The van der Waals surface area contributed by atoms with Gasteiger partial charge in [0.05, 0.1) is 42.7 Å². The van der Waals surface area contributed by atoms with Crippen LogP contribution < -0.4 is 0 Å². The second kappa shape index (κ2) is 7.38. The van der Waals surface area contributed by atoms with Gasteiger partial charge in [-0.05, 0) is 26.2 Å². The highest BCUT2D eigenvalue weighted by atomic mass is 32.1. The Labute approximate surface area is 148 Å². The normalized spacial score (nSPS) is 34.4. The second-order valence-electron chi connectivity index (χ2n) is 7.36. The molecule has 2 aliphatic heterocycles. The highest BCUT2D eigenvalue weighted by molar-refractivity contribution is 7.09. The zero-order valence-electron chi connectivity index (χ0n) is 14.5. The molecular weight excluding hydrogens is 324 g/mol. The number of hydrogen-bond donors (Lipinski definition) is 0. The van der Waals surface area contributed by atoms with E-state index >= 15 is 0 Å². The first-order valence-corrected chi connectivity index (χ1v) is 10.1. The Morgan fingerprint density at radius 3 is 3.17 bits per heavy atom. The third-order valence-electron chi connectivity index (χ3n) is 5.79. The average Bonchev–Trinajstić information content (AvgIpc) is 3.31. The molecule has 134 valence electrons. The fourth-order valence-corrected chi connectivity index (χ4v) is 5.08. The molecule has 0 N–H and O–H groups in total. The molecule has 24 heavy (non-hydrogen) atoms. The molecule has 3 heterocycles. The van der Waals surface area contributed by atoms with E-state index in [4.69, 9.17) is 14.2 Å². The zero-order valence-corrected chi connectivity index (χ0v) is 15.4. The van der Waals surface area contributed by atoms with Gasteiger partial charge in [-0.3, -0.25) is 4.90 Å². The SMILES string of the molecule is Cc1nc(COC[C@H]2CCC[C@]23CN(C2CCOC2)CCO3)cs1. The molecule has 6 heteroatoms. The van der Waals surface area contributed by atoms with E-state index in [0.717, 1.165) is 50.2 Å². The molecule has 0 aromatic carbocycles. The topological polar surface area (TPSA) is 43.8 Å². The maximum Gasteiger partial charge on any atom is 0.0898 e. The standard InChI is InChI=1S/C18H28N2O3S/c1-14-19-16(12-24-14)10-22-9-15-3-2-5-18(15)13-20(6-8-23-18)17-4-7-21-11-17/h12,15,17H,2-11,13H2,1H3/t15-,17?,18+/m1/s1. The number of aryl methyl sites for hydroxylation is 1. The second-order valence-corrected chi connectivity index (χ2v) is 8.43. The minimum absolute atomic E-state index is 0.00116. The van der Waals surface area contributed by atoms with Gasteiger partial charge in [-0.2, -0.15) is 0 Å². The van der Waals surface area contributed by atoms with Crippen LogP contribution in [0.2, 0.25) is 0 Å². The highest BCUT2D eigenvalue weighted by Crippen LogP contribution is 2.42. The smallest absolute Gasteiger partial charge is 0.0898 e. The Morgan fingerprint density at radius 1 is 1.42 bits per heavy atom. The van der Waals surface area contributed by atoms with Crippen molar-refractivity contribution in [3.05, 3.63) is 16.1 Å². The van der Waals surface area contributed by atoms with Gasteiger partial charge < -0.3 is 14.2 Å². The van der Waals surface area contributed by atoms with Crippen LogP contribution in [-0.2, 0) is 20.8 Å². The lowest BCUT2D eigenvalue weighted by molar-refractivity contribution is -0.149. The van der Waals surface area contributed by atoms with Crippen LogP contribution in [0.25, 0.3) is 0 Å². The van der Waals surface area contributed by atoms with Crippen molar-refractivity contribution in [3.63, 3.8) is 0 Å². The Morgan fingerprint density at radius 2 is 2.38 bits per heavy atom. The first-order chi connectivity index (χ1) is 11.8. The molecule has 5 nitrogen and oxygen atoms in total. The maximum atomic E-state index is 6.36. The summed E-state index contributed by atoms with van der Waals surface area (Å²) >= 11 is 1.69. The van der Waals surface area contributed by atoms with Crippen molar-refractivity contribution in [2.24, 2.45) is 5.92 Å². The summed E-state index contributed by atoms with van der Waals surface area (Å²) < 4.78 is 18.0. The van der Waals surface area contributed by atoms with Gasteiger partial charge in [0.25, 0.3) is 0 Å². The van der Waals surface area contributed by atoms with Crippen LogP contribution in [0.1, 0.15) is 36.4 Å². The lowest BCUT2D eigenvalue weighted by Gasteiger charge is -2.45. The molecule has 1 unspecified atom stereocenters. The fraction of sp³-hybridized carbons (Fsp3) is 0.833. The minimum atomic E-state index is -0.00116. The lowest BCUT2D eigenvalue weighted by atomic mass is 9.88. The number of aromatic nitrogens is 1. The summed E-state index contributed by atoms with van der Waals surface area (Å²) in [5.74, 6) is 0.502. The lowest BCUT2D eigenvalue weighted by Crippen LogP contribution is -2.57. The van der Waals surface area contributed by atoms with Crippen molar-refractivity contribution < 1.29 is 14.2 Å². The van der Waals surface area contributed by atoms with Gasteiger partial charge in [-0.15, -0.1) is 11.3 Å². The third-order valence-corrected chi connectivity index (χ3v) is 6.62. The van der Waals surface area contributed by atoms with E-state index in [1.165, 1.54) is 25.7 Å². The molecule has 4 rings (SSSR count). The van der Waals surface area contributed by atoms with E-state index < -0.39 is 0 Å². The Hall–Kier alpha value is -0.530. The van der Waals surface area contributed by atoms with E-state index in [-0.39, 0.29) is 5.60 Å². The van der Waals surface area contributed by atoms with Crippen LogP contribution >= 0.6 is 11.3 Å². The number of rotatable bonds is 5. The Balaban J connectivity index is 1.34. The van der Waals surface area contributed by atoms with Gasteiger partial charge in [0.2, 0.25) is 0 Å². The first kappa shape index (κ1) is 16.9. The molecule has 2 saturated heterocycles. The van der Waals surface area contributed by atoms with Crippen molar-refractivity contribution in [2.45, 2.75) is 50.9 Å². The summed E-state index contributed by atoms with van der Waals surface area (Å²) in [5, 5.41) is 3.20. The monoisotopic (exact) mass is 352 g/mol. The van der Waals surface area contributed by atoms with Gasteiger partial charge in [-0.25, -0.2) is 4.98 Å². The molecule has 3 atom stereocenters. The zero-order chi connectivity index (χ0) is 16.4. The molecule has 1 saturated carbocycles. The summed E-state index contributed by atoms with van der Waals surface area (Å²) in [5.41, 5.74) is 1.05. The molecule has 0 amide bonds. The predicted molar refractivity (Wildman–Crippen MR) is 93.3 cm³/mol. The van der Waals surface area contributed by atoms with Crippen LogP contribution in [-0.4, -0.2) is 61.0 Å². The summed E-state index contributed by atoms with van der Waals surface area (Å²) in [7, 11) is 0. The highest BCUT2D eigenvalue weighted by Gasteiger charge is 2.48. The molecule has 0 bridgehead atoms. The van der Waals surface area contributed by atoms with E-state index in [0.29, 0.717) is 18.6 Å². The summed E-state index contributed by atoms with van der Waals surface area (Å²) in [4.78, 5) is 7.09. The summed E-state index contributed by atoms with van der Waals surface area (Å²) in [6, 6.07) is 0.589. The minimum Gasteiger partial charge on any atom is -0.380 e. The molecule has 0 radical (unpaired) electrons. The van der Waals surface area contributed by atoms with E-state index in [9.17, 15) is 0 Å². The third kappa shape index (κ3) is 3.53. The predicted octanol–water partition coefficient (Wildman–Crippen LogP) is 2.63. The van der Waals surface area contributed by atoms with Gasteiger partial charge >= 0.3 is 0 Å². The Kier molecular flexibility index (Phi) is 5.20. The van der Waals surface area contributed by atoms with Crippen molar-refractivity contribution in [3.8, 4) is 0 Å². The van der Waals surface area contributed by atoms with Crippen molar-refractivity contribution in [2.75, 3.05) is 39.5 Å².